The van der Waals surface area contributed by atoms with Gasteiger partial charge in [0.2, 0.25) is 0 Å². The Hall–Kier alpha value is -1.42. The molecule has 1 amide bonds. The lowest BCUT2D eigenvalue weighted by Gasteiger charge is -2.26. The van der Waals surface area contributed by atoms with E-state index in [1.165, 1.54) is 0 Å². The van der Waals surface area contributed by atoms with E-state index in [1.807, 2.05) is 44.7 Å². The highest BCUT2D eigenvalue weighted by atomic mass is 35.5. The average molecular weight is 339 g/mol. The zero-order valence-corrected chi connectivity index (χ0v) is 15.2. The summed E-state index contributed by atoms with van der Waals surface area (Å²) in [6, 6.07) is 6.36. The second kappa shape index (κ2) is 7.43. The Bertz CT molecular complexity index is 554. The van der Waals surface area contributed by atoms with Gasteiger partial charge >= 0.3 is 6.09 Å². The number of ether oxygens (including phenoxy) is 1. The fraction of sp³-hybridized carbons (Fsp3) is 0.611. The van der Waals surface area contributed by atoms with E-state index >= 15 is 0 Å². The highest BCUT2D eigenvalue weighted by molar-refractivity contribution is 6.31. The van der Waals surface area contributed by atoms with E-state index in [2.05, 4.69) is 11.4 Å². The van der Waals surface area contributed by atoms with Gasteiger partial charge in [0.05, 0.1) is 0 Å². The predicted molar refractivity (Wildman–Crippen MR) is 95.3 cm³/mol. The molecule has 1 saturated heterocycles. The Morgan fingerprint density at radius 1 is 1.30 bits per heavy atom. The van der Waals surface area contributed by atoms with Crippen molar-refractivity contribution in [2.24, 2.45) is 0 Å². The molecule has 1 aliphatic rings. The third-order valence-corrected chi connectivity index (χ3v) is 4.33. The molecule has 0 aromatic heterocycles. The topological polar surface area (TPSA) is 41.6 Å². The predicted octanol–water partition coefficient (Wildman–Crippen LogP) is 4.85. The number of benzene rings is 1. The minimum atomic E-state index is -0.443. The molecule has 0 spiro atoms. The number of rotatable bonds is 2. The van der Waals surface area contributed by atoms with E-state index in [0.29, 0.717) is 6.04 Å². The minimum absolute atomic E-state index is 0.208. The molecule has 0 aliphatic carbocycles. The van der Waals surface area contributed by atoms with Gasteiger partial charge in [0, 0.05) is 29.8 Å². The number of nitrogens with zero attached hydrogens (tertiary/aromatic N) is 1. The van der Waals surface area contributed by atoms with Crippen LogP contribution in [0.5, 0.6) is 0 Å². The molecule has 1 unspecified atom stereocenters. The fourth-order valence-electron chi connectivity index (χ4n) is 2.72. The normalized spacial score (nSPS) is 19.2. The van der Waals surface area contributed by atoms with E-state index in [-0.39, 0.29) is 6.09 Å². The standard InChI is InChI=1S/C18H27ClN2O2/c1-13-12-15(7-8-16(13)19)20-14-6-5-10-21(11-9-14)17(22)23-18(2,3)4/h7-8,12,14,20H,5-6,9-11H2,1-4H3. The molecule has 1 atom stereocenters. The van der Waals surface area contributed by atoms with Crippen LogP contribution in [0.25, 0.3) is 0 Å². The molecule has 1 aromatic carbocycles. The lowest BCUT2D eigenvalue weighted by atomic mass is 10.1. The zero-order chi connectivity index (χ0) is 17.0. The largest absolute Gasteiger partial charge is 0.444 e. The number of hydrogen-bond acceptors (Lipinski definition) is 3. The van der Waals surface area contributed by atoms with Crippen molar-refractivity contribution in [2.75, 3.05) is 18.4 Å². The van der Waals surface area contributed by atoms with Crippen LogP contribution in [-0.2, 0) is 4.74 Å². The smallest absolute Gasteiger partial charge is 0.410 e. The summed E-state index contributed by atoms with van der Waals surface area (Å²) in [7, 11) is 0. The third-order valence-electron chi connectivity index (χ3n) is 3.91. The summed E-state index contributed by atoms with van der Waals surface area (Å²) < 4.78 is 5.47. The van der Waals surface area contributed by atoms with E-state index in [1.54, 1.807) is 0 Å². The van der Waals surface area contributed by atoms with Crippen molar-refractivity contribution < 1.29 is 9.53 Å². The van der Waals surface area contributed by atoms with Crippen molar-refractivity contribution in [3.63, 3.8) is 0 Å². The van der Waals surface area contributed by atoms with Crippen LogP contribution in [0.15, 0.2) is 18.2 Å². The molecule has 1 aromatic rings. The van der Waals surface area contributed by atoms with Crippen LogP contribution in [0, 0.1) is 6.92 Å². The van der Waals surface area contributed by atoms with Gasteiger partial charge in [-0.25, -0.2) is 4.79 Å². The average Bonchev–Trinajstić information content (AvgIpc) is 2.67. The molecule has 2 rings (SSSR count). The van der Waals surface area contributed by atoms with E-state index < -0.39 is 5.60 Å². The minimum Gasteiger partial charge on any atom is -0.444 e. The van der Waals surface area contributed by atoms with Crippen molar-refractivity contribution in [3.05, 3.63) is 28.8 Å². The molecule has 0 bridgehead atoms. The molecular weight excluding hydrogens is 312 g/mol. The highest BCUT2D eigenvalue weighted by Gasteiger charge is 2.25. The number of halogens is 1. The summed E-state index contributed by atoms with van der Waals surface area (Å²) in [6.07, 6.45) is 2.73. The molecule has 5 heteroatoms. The van der Waals surface area contributed by atoms with Crippen LogP contribution in [0.2, 0.25) is 5.02 Å². The first kappa shape index (κ1) is 17.9. The van der Waals surface area contributed by atoms with Crippen LogP contribution >= 0.6 is 11.6 Å². The highest BCUT2D eigenvalue weighted by Crippen LogP contribution is 2.23. The molecule has 1 heterocycles. The van der Waals surface area contributed by atoms with Crippen LogP contribution < -0.4 is 5.32 Å². The molecule has 128 valence electrons. The maximum absolute atomic E-state index is 12.2. The number of hydrogen-bond donors (Lipinski definition) is 1. The lowest BCUT2D eigenvalue weighted by molar-refractivity contribution is 0.0256. The molecular formula is C18H27ClN2O2. The molecule has 1 aliphatic heterocycles. The Morgan fingerprint density at radius 2 is 2.04 bits per heavy atom. The van der Waals surface area contributed by atoms with Crippen molar-refractivity contribution in [1.29, 1.82) is 0 Å². The van der Waals surface area contributed by atoms with Gasteiger partial charge in [0.1, 0.15) is 5.60 Å². The molecule has 0 saturated carbocycles. The Balaban J connectivity index is 1.90. The van der Waals surface area contributed by atoms with Crippen LogP contribution in [-0.4, -0.2) is 35.7 Å². The van der Waals surface area contributed by atoms with Crippen molar-refractivity contribution in [3.8, 4) is 0 Å². The van der Waals surface area contributed by atoms with Gasteiger partial charge in [-0.1, -0.05) is 11.6 Å². The summed E-state index contributed by atoms with van der Waals surface area (Å²) in [4.78, 5) is 14.0. The molecule has 4 nitrogen and oxygen atoms in total. The second-order valence-electron chi connectivity index (χ2n) is 7.20. The first-order valence-corrected chi connectivity index (χ1v) is 8.63. The van der Waals surface area contributed by atoms with Gasteiger partial charge in [0.25, 0.3) is 0 Å². The number of nitrogens with one attached hydrogen (secondary N) is 1. The SMILES string of the molecule is Cc1cc(NC2CCCN(C(=O)OC(C)(C)C)CC2)ccc1Cl. The Morgan fingerprint density at radius 3 is 2.70 bits per heavy atom. The van der Waals surface area contributed by atoms with E-state index in [0.717, 1.165) is 48.6 Å². The summed E-state index contributed by atoms with van der Waals surface area (Å²) in [5.41, 5.74) is 1.71. The molecule has 1 N–H and O–H groups in total. The van der Waals surface area contributed by atoms with Gasteiger partial charge < -0.3 is 15.0 Å². The summed E-state index contributed by atoms with van der Waals surface area (Å²) >= 11 is 6.07. The number of anilines is 1. The van der Waals surface area contributed by atoms with Crippen molar-refractivity contribution in [1.82, 2.24) is 4.90 Å². The first-order valence-electron chi connectivity index (χ1n) is 8.25. The quantitative estimate of drug-likeness (QED) is 0.838. The molecule has 0 radical (unpaired) electrons. The Labute approximate surface area is 144 Å². The lowest BCUT2D eigenvalue weighted by Crippen LogP contribution is -2.37. The van der Waals surface area contributed by atoms with Gasteiger partial charge in [-0.3, -0.25) is 0 Å². The maximum atomic E-state index is 12.2. The number of aryl methyl sites for hydroxylation is 1. The fourth-order valence-corrected chi connectivity index (χ4v) is 2.84. The number of likely N-dealkylation sites (tertiary alicyclic amines) is 1. The van der Waals surface area contributed by atoms with Crippen molar-refractivity contribution >= 4 is 23.4 Å². The third kappa shape index (κ3) is 5.61. The van der Waals surface area contributed by atoms with Crippen molar-refractivity contribution in [2.45, 2.75) is 58.6 Å². The van der Waals surface area contributed by atoms with E-state index in [9.17, 15) is 4.79 Å². The number of carbonyl (C=O) groups is 1. The monoisotopic (exact) mass is 338 g/mol. The van der Waals surface area contributed by atoms with Crippen LogP contribution in [0.4, 0.5) is 10.5 Å². The van der Waals surface area contributed by atoms with Gasteiger partial charge in [-0.15, -0.1) is 0 Å². The molecule has 23 heavy (non-hydrogen) atoms. The first-order chi connectivity index (χ1) is 10.7. The zero-order valence-electron chi connectivity index (χ0n) is 14.5. The number of carbonyl (C=O) groups excluding carboxylic acids is 1. The number of amides is 1. The summed E-state index contributed by atoms with van der Waals surface area (Å²) in [6.45, 7) is 9.18. The second-order valence-corrected chi connectivity index (χ2v) is 7.61. The summed E-state index contributed by atoms with van der Waals surface area (Å²) in [5, 5.41) is 4.34. The maximum Gasteiger partial charge on any atom is 0.410 e. The van der Waals surface area contributed by atoms with Gasteiger partial charge in [-0.05, 0) is 70.7 Å². The van der Waals surface area contributed by atoms with Gasteiger partial charge in [0.15, 0.2) is 0 Å². The van der Waals surface area contributed by atoms with E-state index in [4.69, 9.17) is 16.3 Å². The van der Waals surface area contributed by atoms with Gasteiger partial charge in [-0.2, -0.15) is 0 Å². The Kier molecular flexibility index (Phi) is 5.79. The van der Waals surface area contributed by atoms with Crippen LogP contribution in [0.1, 0.15) is 45.6 Å². The van der Waals surface area contributed by atoms with Crippen LogP contribution in [0.3, 0.4) is 0 Å². The molecule has 1 fully saturated rings. The summed E-state index contributed by atoms with van der Waals surface area (Å²) in [5.74, 6) is 0.